The number of carbonyl (C=O) groups is 2. The molecular weight excluding hydrogens is 442 g/mol. The minimum Gasteiger partial charge on any atom is -0.407 e. The van der Waals surface area contributed by atoms with Crippen LogP contribution in [0.3, 0.4) is 0 Å². The number of hydrogen-bond donors (Lipinski definition) is 0. The summed E-state index contributed by atoms with van der Waals surface area (Å²) in [6, 6.07) is -1.27. The normalized spacial score (nSPS) is 16.4. The van der Waals surface area contributed by atoms with E-state index in [2.05, 4.69) is 9.73 Å². The van der Waals surface area contributed by atoms with Crippen LogP contribution in [0.2, 0.25) is 0 Å². The number of ether oxygens (including phenoxy) is 1. The second-order valence-electron chi connectivity index (χ2n) is 6.40. The van der Waals surface area contributed by atoms with Gasteiger partial charge in [-0.25, -0.2) is 40.1 Å². The number of Topliss-reactive ketones (excluding diaryl/α,β-unsaturated/α-hetero) is 1. The summed E-state index contributed by atoms with van der Waals surface area (Å²) in [4.78, 5) is 27.8. The first kappa shape index (κ1) is 22.4. The summed E-state index contributed by atoms with van der Waals surface area (Å²) < 4.78 is 113. The van der Waals surface area contributed by atoms with E-state index >= 15 is 0 Å². The monoisotopic (exact) mass is 451 g/mol. The number of nitrogens with zero attached hydrogens (tertiary/aromatic N) is 1. The first-order valence-corrected chi connectivity index (χ1v) is 8.36. The van der Waals surface area contributed by atoms with Gasteiger partial charge < -0.3 is 4.74 Å². The van der Waals surface area contributed by atoms with Crippen LogP contribution >= 0.6 is 0 Å². The number of cyclic esters (lactones) is 1. The first-order chi connectivity index (χ1) is 14.4. The van der Waals surface area contributed by atoms with Crippen molar-refractivity contribution >= 4 is 17.7 Å². The molecule has 1 aliphatic rings. The number of hydrogen-bond acceptors (Lipinski definition) is 4. The molecule has 0 saturated carbocycles. The standard InChI is InChI=1S/C19H9F8NO3/c1-5-13(22)12(15(24)16(25)14(5)23)19-28-9(4-10(29)31-19)17(30)6-2-7(20)11(18(26)27)8(21)3-6/h2-3,9,18H,4H2,1H3. The van der Waals surface area contributed by atoms with Gasteiger partial charge in [0.05, 0.1) is 12.0 Å². The maximum atomic E-state index is 14.3. The van der Waals surface area contributed by atoms with Crippen molar-refractivity contribution in [3.63, 3.8) is 0 Å². The van der Waals surface area contributed by atoms with Gasteiger partial charge in [0.2, 0.25) is 5.90 Å². The number of halogens is 8. The van der Waals surface area contributed by atoms with Gasteiger partial charge in [0.15, 0.2) is 23.2 Å². The van der Waals surface area contributed by atoms with Crippen molar-refractivity contribution in [3.05, 3.63) is 69.3 Å². The highest BCUT2D eigenvalue weighted by atomic mass is 19.3. The Hall–Kier alpha value is -3.31. The zero-order valence-electron chi connectivity index (χ0n) is 15.2. The topological polar surface area (TPSA) is 55.7 Å². The third kappa shape index (κ3) is 3.89. The van der Waals surface area contributed by atoms with Gasteiger partial charge in [-0.1, -0.05) is 0 Å². The van der Waals surface area contributed by atoms with E-state index in [0.717, 1.165) is 6.92 Å². The van der Waals surface area contributed by atoms with Crippen molar-refractivity contribution in [1.29, 1.82) is 0 Å². The second-order valence-corrected chi connectivity index (χ2v) is 6.40. The van der Waals surface area contributed by atoms with Crippen molar-refractivity contribution < 1.29 is 49.4 Å². The van der Waals surface area contributed by atoms with Crippen LogP contribution in [-0.2, 0) is 9.53 Å². The summed E-state index contributed by atoms with van der Waals surface area (Å²) in [6.45, 7) is 0.765. The molecule has 2 aromatic rings. The number of benzene rings is 2. The molecule has 4 nitrogen and oxygen atoms in total. The molecule has 3 rings (SSSR count). The van der Waals surface area contributed by atoms with Gasteiger partial charge in [0.1, 0.15) is 29.1 Å². The first-order valence-electron chi connectivity index (χ1n) is 8.36. The number of ketones is 1. The molecule has 0 N–H and O–H groups in total. The maximum Gasteiger partial charge on any atom is 0.315 e. The number of carbonyl (C=O) groups excluding carboxylic acids is 2. The Kier molecular flexibility index (Phi) is 5.83. The number of esters is 1. The van der Waals surface area contributed by atoms with Gasteiger partial charge in [-0.2, -0.15) is 0 Å². The molecule has 164 valence electrons. The third-order valence-electron chi connectivity index (χ3n) is 4.42. The summed E-state index contributed by atoms with van der Waals surface area (Å²) >= 11 is 0. The highest BCUT2D eigenvalue weighted by molar-refractivity contribution is 6.09. The predicted octanol–water partition coefficient (Wildman–Crippen LogP) is 4.71. The van der Waals surface area contributed by atoms with Gasteiger partial charge >= 0.3 is 5.97 Å². The van der Waals surface area contributed by atoms with Crippen molar-refractivity contribution in [2.75, 3.05) is 0 Å². The Balaban J connectivity index is 2.08. The van der Waals surface area contributed by atoms with Gasteiger partial charge in [-0.05, 0) is 19.1 Å². The molecule has 0 aromatic heterocycles. The fourth-order valence-corrected chi connectivity index (χ4v) is 2.85. The van der Waals surface area contributed by atoms with Crippen LogP contribution < -0.4 is 0 Å². The smallest absolute Gasteiger partial charge is 0.315 e. The molecule has 1 heterocycles. The summed E-state index contributed by atoms with van der Waals surface area (Å²) in [5, 5.41) is 0. The van der Waals surface area contributed by atoms with Crippen molar-refractivity contribution in [3.8, 4) is 0 Å². The number of alkyl halides is 2. The Morgan fingerprint density at radius 3 is 2.13 bits per heavy atom. The molecule has 0 saturated heterocycles. The molecule has 0 bridgehead atoms. The lowest BCUT2D eigenvalue weighted by molar-refractivity contribution is -0.136. The Labute approximate surface area is 168 Å². The quantitative estimate of drug-likeness (QED) is 0.223. The van der Waals surface area contributed by atoms with Crippen molar-refractivity contribution in [2.45, 2.75) is 25.8 Å². The number of rotatable bonds is 4. The molecule has 0 fully saturated rings. The Morgan fingerprint density at radius 2 is 1.58 bits per heavy atom. The van der Waals surface area contributed by atoms with Crippen LogP contribution in [0.1, 0.15) is 39.9 Å². The number of aliphatic imine (C=N–C) groups is 1. The molecule has 1 atom stereocenters. The predicted molar refractivity (Wildman–Crippen MR) is 87.7 cm³/mol. The highest BCUT2D eigenvalue weighted by Gasteiger charge is 2.35. The van der Waals surface area contributed by atoms with Crippen LogP contribution in [-0.4, -0.2) is 23.7 Å². The van der Waals surface area contributed by atoms with E-state index < -0.39 is 93.7 Å². The van der Waals surface area contributed by atoms with Crippen LogP contribution in [0.4, 0.5) is 35.1 Å². The van der Waals surface area contributed by atoms with E-state index in [0.29, 0.717) is 0 Å². The molecule has 1 aliphatic heterocycles. The zero-order valence-corrected chi connectivity index (χ0v) is 15.2. The van der Waals surface area contributed by atoms with E-state index in [4.69, 9.17) is 0 Å². The van der Waals surface area contributed by atoms with E-state index in [-0.39, 0.29) is 12.1 Å². The fraction of sp³-hybridized carbons (Fsp3) is 0.211. The third-order valence-corrected chi connectivity index (χ3v) is 4.42. The van der Waals surface area contributed by atoms with Crippen LogP contribution in [0.25, 0.3) is 0 Å². The molecule has 1 unspecified atom stereocenters. The molecule has 12 heteroatoms. The summed E-state index contributed by atoms with van der Waals surface area (Å²) in [6.07, 6.45) is -4.35. The van der Waals surface area contributed by atoms with Gasteiger partial charge in [0, 0.05) is 11.1 Å². The molecule has 0 aliphatic carbocycles. The Bertz CT molecular complexity index is 1090. The lowest BCUT2D eigenvalue weighted by atomic mass is 9.99. The SMILES string of the molecule is Cc1c(F)c(F)c(F)c(C2=NC(C(=O)c3cc(F)c(C(F)F)c(F)c3)CC(=O)O2)c1F. The lowest BCUT2D eigenvalue weighted by Crippen LogP contribution is -2.33. The van der Waals surface area contributed by atoms with Crippen LogP contribution in [0, 0.1) is 41.8 Å². The summed E-state index contributed by atoms with van der Waals surface area (Å²) in [5.74, 6) is -14.9. The fourth-order valence-electron chi connectivity index (χ4n) is 2.85. The van der Waals surface area contributed by atoms with E-state index in [1.807, 2.05) is 0 Å². The highest BCUT2D eigenvalue weighted by Crippen LogP contribution is 2.29. The van der Waals surface area contributed by atoms with E-state index in [1.54, 1.807) is 0 Å². The largest absolute Gasteiger partial charge is 0.407 e. The average Bonchev–Trinajstić information content (AvgIpc) is 2.69. The molecule has 2 aromatic carbocycles. The summed E-state index contributed by atoms with van der Waals surface area (Å²) in [7, 11) is 0. The average molecular weight is 451 g/mol. The molecular formula is C19H9F8NO3. The lowest BCUT2D eigenvalue weighted by Gasteiger charge is -2.20. The van der Waals surface area contributed by atoms with Gasteiger partial charge in [-0.3, -0.25) is 9.59 Å². The van der Waals surface area contributed by atoms with Crippen molar-refractivity contribution in [1.82, 2.24) is 0 Å². The van der Waals surface area contributed by atoms with E-state index in [1.165, 1.54) is 0 Å². The van der Waals surface area contributed by atoms with E-state index in [9.17, 15) is 44.7 Å². The van der Waals surface area contributed by atoms with Crippen LogP contribution in [0.5, 0.6) is 0 Å². The van der Waals surface area contributed by atoms with Crippen molar-refractivity contribution in [2.24, 2.45) is 4.99 Å². The maximum absolute atomic E-state index is 14.3. The summed E-state index contributed by atoms with van der Waals surface area (Å²) in [5.41, 5.74) is -4.71. The Morgan fingerprint density at radius 1 is 1.00 bits per heavy atom. The second kappa shape index (κ2) is 8.08. The van der Waals surface area contributed by atoms with Gasteiger partial charge in [-0.15, -0.1) is 0 Å². The van der Waals surface area contributed by atoms with Crippen LogP contribution in [0.15, 0.2) is 17.1 Å². The minimum atomic E-state index is -3.51. The molecule has 0 spiro atoms. The van der Waals surface area contributed by atoms with Gasteiger partial charge in [0.25, 0.3) is 6.43 Å². The zero-order chi connectivity index (χ0) is 23.2. The molecule has 0 amide bonds. The minimum absolute atomic E-state index is 0.283. The molecule has 0 radical (unpaired) electrons. The molecule has 31 heavy (non-hydrogen) atoms.